The Kier molecular flexibility index (Phi) is 5.57. The lowest BCUT2D eigenvalue weighted by atomic mass is 10.0. The average Bonchev–Trinajstić information content (AvgIpc) is 3.05. The topological polar surface area (TPSA) is 80.6 Å². The van der Waals surface area contributed by atoms with Crippen LogP contribution in [0.2, 0.25) is 0 Å². The zero-order valence-electron chi connectivity index (χ0n) is 15.8. The van der Waals surface area contributed by atoms with Crippen LogP contribution in [-0.4, -0.2) is 43.4 Å². The molecule has 8 heteroatoms. The van der Waals surface area contributed by atoms with Crippen LogP contribution in [0.25, 0.3) is 0 Å². The standard InChI is InChI=1S/C19H25N3O4S/c1-14-7-9-22(10-8-14)27(24,25)17-12-18(21(2)13-17)19(23)20-15-5-4-6-16(11-15)26-3/h4-6,11-14H,7-10H2,1-3H3,(H,20,23). The average molecular weight is 391 g/mol. The fraction of sp³-hybridized carbons (Fsp3) is 0.421. The molecule has 146 valence electrons. The van der Waals surface area contributed by atoms with Crippen LogP contribution in [-0.2, 0) is 17.1 Å². The Morgan fingerprint density at radius 1 is 1.22 bits per heavy atom. The first kappa shape index (κ1) is 19.4. The first-order valence-electron chi connectivity index (χ1n) is 8.93. The number of amides is 1. The van der Waals surface area contributed by atoms with Crippen LogP contribution in [0.4, 0.5) is 5.69 Å². The number of methoxy groups -OCH3 is 1. The summed E-state index contributed by atoms with van der Waals surface area (Å²) in [5.74, 6) is 0.790. The van der Waals surface area contributed by atoms with Crippen LogP contribution >= 0.6 is 0 Å². The highest BCUT2D eigenvalue weighted by molar-refractivity contribution is 7.89. The number of aromatic nitrogens is 1. The number of carbonyl (C=O) groups excluding carboxylic acids is 1. The SMILES string of the molecule is COc1cccc(NC(=O)c2cc(S(=O)(=O)N3CCC(C)CC3)cn2C)c1. The van der Waals surface area contributed by atoms with Gasteiger partial charge in [0.15, 0.2) is 0 Å². The number of sulfonamides is 1. The molecule has 0 bridgehead atoms. The maximum atomic E-state index is 12.9. The summed E-state index contributed by atoms with van der Waals surface area (Å²) in [6, 6.07) is 8.43. The van der Waals surface area contributed by atoms with E-state index in [1.807, 2.05) is 0 Å². The van der Waals surface area contributed by atoms with Crippen LogP contribution in [0.3, 0.4) is 0 Å². The summed E-state index contributed by atoms with van der Waals surface area (Å²) in [7, 11) is -0.375. The van der Waals surface area contributed by atoms with E-state index < -0.39 is 10.0 Å². The molecule has 0 atom stereocenters. The molecule has 1 aliphatic heterocycles. The van der Waals surface area contributed by atoms with Gasteiger partial charge < -0.3 is 14.6 Å². The predicted octanol–water partition coefficient (Wildman–Crippen LogP) is 2.71. The van der Waals surface area contributed by atoms with E-state index in [1.54, 1.807) is 38.4 Å². The molecule has 1 aromatic heterocycles. The van der Waals surface area contributed by atoms with Crippen molar-refractivity contribution < 1.29 is 17.9 Å². The van der Waals surface area contributed by atoms with Gasteiger partial charge in [-0.2, -0.15) is 4.31 Å². The van der Waals surface area contributed by atoms with Gasteiger partial charge in [0.05, 0.1) is 7.11 Å². The van der Waals surface area contributed by atoms with Crippen LogP contribution in [0.15, 0.2) is 41.4 Å². The Balaban J connectivity index is 1.80. The number of anilines is 1. The molecule has 2 aromatic rings. The van der Waals surface area contributed by atoms with Crippen molar-refractivity contribution in [2.75, 3.05) is 25.5 Å². The third kappa shape index (κ3) is 4.17. The molecule has 2 heterocycles. The van der Waals surface area contributed by atoms with E-state index in [-0.39, 0.29) is 16.5 Å². The lowest BCUT2D eigenvalue weighted by Gasteiger charge is -2.29. The fourth-order valence-electron chi connectivity index (χ4n) is 3.17. The van der Waals surface area contributed by atoms with E-state index in [0.29, 0.717) is 30.4 Å². The molecule has 1 saturated heterocycles. The molecular formula is C19H25N3O4S. The zero-order chi connectivity index (χ0) is 19.6. The molecule has 1 aromatic carbocycles. The number of ether oxygens (including phenoxy) is 1. The smallest absolute Gasteiger partial charge is 0.272 e. The Morgan fingerprint density at radius 3 is 2.59 bits per heavy atom. The summed E-state index contributed by atoms with van der Waals surface area (Å²) in [4.78, 5) is 12.8. The summed E-state index contributed by atoms with van der Waals surface area (Å²) >= 11 is 0. The lowest BCUT2D eigenvalue weighted by Crippen LogP contribution is -2.37. The molecular weight excluding hydrogens is 366 g/mol. The third-order valence-corrected chi connectivity index (χ3v) is 6.78. The van der Waals surface area contributed by atoms with Gasteiger partial charge in [-0.15, -0.1) is 0 Å². The summed E-state index contributed by atoms with van der Waals surface area (Å²) in [6.45, 7) is 3.17. The number of hydrogen-bond donors (Lipinski definition) is 1. The highest BCUT2D eigenvalue weighted by Gasteiger charge is 2.30. The van der Waals surface area contributed by atoms with Gasteiger partial charge in [-0.3, -0.25) is 4.79 Å². The van der Waals surface area contributed by atoms with Gasteiger partial charge in [-0.1, -0.05) is 13.0 Å². The van der Waals surface area contributed by atoms with E-state index in [4.69, 9.17) is 4.74 Å². The molecule has 1 aliphatic rings. The number of nitrogens with one attached hydrogen (secondary N) is 1. The van der Waals surface area contributed by atoms with Gasteiger partial charge in [-0.25, -0.2) is 8.42 Å². The van der Waals surface area contributed by atoms with Gasteiger partial charge >= 0.3 is 0 Å². The number of nitrogens with zero attached hydrogens (tertiary/aromatic N) is 2. The Labute approximate surface area is 160 Å². The molecule has 0 radical (unpaired) electrons. The molecule has 0 saturated carbocycles. The van der Waals surface area contributed by atoms with Crippen LogP contribution in [0.5, 0.6) is 5.75 Å². The molecule has 7 nitrogen and oxygen atoms in total. The minimum atomic E-state index is -3.59. The van der Waals surface area contributed by atoms with Crippen LogP contribution in [0.1, 0.15) is 30.3 Å². The Bertz CT molecular complexity index is 928. The number of aryl methyl sites for hydroxylation is 1. The minimum absolute atomic E-state index is 0.148. The van der Waals surface area contributed by atoms with Gasteiger partial charge in [0.2, 0.25) is 10.0 Å². The van der Waals surface area contributed by atoms with Crippen molar-refractivity contribution in [2.24, 2.45) is 13.0 Å². The predicted molar refractivity (Wildman–Crippen MR) is 104 cm³/mol. The molecule has 0 unspecified atom stereocenters. The van der Waals surface area contributed by atoms with Crippen molar-refractivity contribution in [1.82, 2.24) is 8.87 Å². The number of piperidine rings is 1. The van der Waals surface area contributed by atoms with Gasteiger partial charge in [0.25, 0.3) is 5.91 Å². The van der Waals surface area contributed by atoms with Crippen molar-refractivity contribution in [3.8, 4) is 5.75 Å². The minimum Gasteiger partial charge on any atom is -0.497 e. The fourth-order valence-corrected chi connectivity index (χ4v) is 4.71. The van der Waals surface area contributed by atoms with Crippen molar-refractivity contribution in [1.29, 1.82) is 0 Å². The number of rotatable bonds is 5. The maximum Gasteiger partial charge on any atom is 0.272 e. The van der Waals surface area contributed by atoms with Crippen molar-refractivity contribution >= 4 is 21.6 Å². The van der Waals surface area contributed by atoms with E-state index >= 15 is 0 Å². The highest BCUT2D eigenvalue weighted by Crippen LogP contribution is 2.25. The summed E-state index contributed by atoms with van der Waals surface area (Å²) in [6.07, 6.45) is 3.21. The number of carbonyl (C=O) groups is 1. The number of hydrogen-bond acceptors (Lipinski definition) is 4. The second kappa shape index (κ2) is 7.74. The zero-order valence-corrected chi connectivity index (χ0v) is 16.6. The first-order valence-corrected chi connectivity index (χ1v) is 10.4. The van der Waals surface area contributed by atoms with Gasteiger partial charge in [0, 0.05) is 38.1 Å². The van der Waals surface area contributed by atoms with Crippen molar-refractivity contribution in [3.05, 3.63) is 42.2 Å². The summed E-state index contributed by atoms with van der Waals surface area (Å²) in [5, 5.41) is 2.78. The van der Waals surface area contributed by atoms with E-state index in [1.165, 1.54) is 21.1 Å². The van der Waals surface area contributed by atoms with Crippen LogP contribution < -0.4 is 10.1 Å². The van der Waals surface area contributed by atoms with Crippen LogP contribution in [0, 0.1) is 5.92 Å². The molecule has 1 amide bonds. The molecule has 0 aliphatic carbocycles. The first-order chi connectivity index (χ1) is 12.8. The normalized spacial score (nSPS) is 16.3. The molecule has 1 N–H and O–H groups in total. The summed E-state index contributed by atoms with van der Waals surface area (Å²) in [5.41, 5.74) is 0.858. The molecule has 27 heavy (non-hydrogen) atoms. The van der Waals surface area contributed by atoms with E-state index in [9.17, 15) is 13.2 Å². The highest BCUT2D eigenvalue weighted by atomic mass is 32.2. The number of benzene rings is 1. The Morgan fingerprint density at radius 2 is 1.93 bits per heavy atom. The van der Waals surface area contributed by atoms with E-state index in [2.05, 4.69) is 12.2 Å². The largest absolute Gasteiger partial charge is 0.497 e. The van der Waals surface area contributed by atoms with Crippen molar-refractivity contribution in [3.63, 3.8) is 0 Å². The summed E-state index contributed by atoms with van der Waals surface area (Å²) < 4.78 is 34.0. The second-order valence-corrected chi connectivity index (χ2v) is 8.88. The van der Waals surface area contributed by atoms with Gasteiger partial charge in [0.1, 0.15) is 16.3 Å². The van der Waals surface area contributed by atoms with Crippen molar-refractivity contribution in [2.45, 2.75) is 24.7 Å². The third-order valence-electron chi connectivity index (χ3n) is 4.92. The second-order valence-electron chi connectivity index (χ2n) is 6.94. The molecule has 0 spiro atoms. The maximum absolute atomic E-state index is 12.9. The monoisotopic (exact) mass is 391 g/mol. The quantitative estimate of drug-likeness (QED) is 0.850. The Hall–Kier alpha value is -2.32. The molecule has 1 fully saturated rings. The van der Waals surface area contributed by atoms with E-state index in [0.717, 1.165) is 12.8 Å². The lowest BCUT2D eigenvalue weighted by molar-refractivity contribution is 0.101. The van der Waals surface area contributed by atoms with Gasteiger partial charge in [-0.05, 0) is 37.0 Å². The molecule has 3 rings (SSSR count).